The van der Waals surface area contributed by atoms with E-state index < -0.39 is 6.10 Å². The van der Waals surface area contributed by atoms with Crippen molar-refractivity contribution in [1.29, 1.82) is 0 Å². The van der Waals surface area contributed by atoms with Crippen LogP contribution in [-0.2, 0) is 28.6 Å². The fraction of sp³-hybridized carbons (Fsp3) is 0.805. The Morgan fingerprint density at radius 1 is 0.253 bits per heavy atom. The van der Waals surface area contributed by atoms with Gasteiger partial charge in [-0.25, -0.2) is 0 Å². The van der Waals surface area contributed by atoms with Gasteiger partial charge in [0.1, 0.15) is 13.2 Å². The van der Waals surface area contributed by atoms with Crippen LogP contribution in [0.3, 0.4) is 0 Å². The molecule has 0 fully saturated rings. The van der Waals surface area contributed by atoms with Crippen LogP contribution in [0.25, 0.3) is 0 Å². The highest BCUT2D eigenvalue weighted by molar-refractivity contribution is 5.71. The molecule has 482 valence electrons. The van der Waals surface area contributed by atoms with Crippen LogP contribution >= 0.6 is 0 Å². The van der Waals surface area contributed by atoms with E-state index in [1.165, 1.54) is 238 Å². The van der Waals surface area contributed by atoms with Crippen LogP contribution in [0, 0.1) is 0 Å². The van der Waals surface area contributed by atoms with E-state index in [0.29, 0.717) is 19.3 Å². The predicted molar refractivity (Wildman–Crippen MR) is 362 cm³/mol. The zero-order chi connectivity index (χ0) is 59.9. The van der Waals surface area contributed by atoms with Crippen LogP contribution in [-0.4, -0.2) is 37.2 Å². The minimum absolute atomic E-state index is 0.0741. The van der Waals surface area contributed by atoms with Crippen molar-refractivity contribution in [3.63, 3.8) is 0 Å². The van der Waals surface area contributed by atoms with Gasteiger partial charge < -0.3 is 14.2 Å². The lowest BCUT2D eigenvalue weighted by Crippen LogP contribution is -2.30. The first kappa shape index (κ1) is 79.8. The summed E-state index contributed by atoms with van der Waals surface area (Å²) in [4.78, 5) is 38.3. The fourth-order valence-electron chi connectivity index (χ4n) is 10.8. The number of allylic oxidation sites excluding steroid dienone is 12. The Labute approximate surface area is 516 Å². The van der Waals surface area contributed by atoms with Crippen LogP contribution in [0.1, 0.15) is 380 Å². The lowest BCUT2D eigenvalue weighted by Gasteiger charge is -2.18. The summed E-state index contributed by atoms with van der Waals surface area (Å²) in [5, 5.41) is 0. The quantitative estimate of drug-likeness (QED) is 0.0261. The van der Waals surface area contributed by atoms with E-state index in [4.69, 9.17) is 14.2 Å². The molecule has 0 aromatic rings. The molecule has 0 aliphatic carbocycles. The normalized spacial score (nSPS) is 12.5. The minimum Gasteiger partial charge on any atom is -0.462 e. The van der Waals surface area contributed by atoms with Gasteiger partial charge in [-0.1, -0.05) is 363 Å². The van der Waals surface area contributed by atoms with Gasteiger partial charge in [-0.15, -0.1) is 0 Å². The van der Waals surface area contributed by atoms with E-state index in [1.807, 2.05) is 0 Å². The molecule has 6 heteroatoms. The third-order valence-corrected chi connectivity index (χ3v) is 16.2. The summed E-state index contributed by atoms with van der Waals surface area (Å²) in [5.41, 5.74) is 0. The van der Waals surface area contributed by atoms with Crippen molar-refractivity contribution in [2.75, 3.05) is 13.2 Å². The number of carbonyl (C=O) groups excluding carboxylic acids is 3. The average Bonchev–Trinajstić information content (AvgIpc) is 3.49. The van der Waals surface area contributed by atoms with Crippen molar-refractivity contribution < 1.29 is 28.6 Å². The molecule has 0 heterocycles. The highest BCUT2D eigenvalue weighted by Crippen LogP contribution is 2.19. The molecule has 0 bridgehead atoms. The Kier molecular flexibility index (Phi) is 68.6. The SMILES string of the molecule is CC/C=C\C/C=C\C/C=C\C/C=C\C/C=C\C/C=C\CCCCCCCCCCC(=O)OC(COC(=O)CCCCCCCCCC)COC(=O)CCCCCCCCCCCCCCCCCCCCCCCCCCCCCCCC. The van der Waals surface area contributed by atoms with Crippen LogP contribution in [0.5, 0.6) is 0 Å². The van der Waals surface area contributed by atoms with Gasteiger partial charge in [-0.05, 0) is 70.6 Å². The molecule has 0 aromatic carbocycles. The molecule has 0 aliphatic rings. The molecular formula is C77H138O6. The van der Waals surface area contributed by atoms with Crippen molar-refractivity contribution in [3.8, 4) is 0 Å². The lowest BCUT2D eigenvalue weighted by molar-refractivity contribution is -0.167. The largest absolute Gasteiger partial charge is 0.462 e. The molecule has 1 unspecified atom stereocenters. The second kappa shape index (κ2) is 71.3. The molecule has 6 nitrogen and oxygen atoms in total. The number of ether oxygens (including phenoxy) is 3. The number of carbonyl (C=O) groups is 3. The summed E-state index contributed by atoms with van der Waals surface area (Å²) in [6.45, 7) is 6.55. The van der Waals surface area contributed by atoms with Gasteiger partial charge in [-0.2, -0.15) is 0 Å². The maximum atomic E-state index is 12.9. The summed E-state index contributed by atoms with van der Waals surface area (Å²) in [6.07, 6.45) is 94.0. The Bertz CT molecular complexity index is 1520. The van der Waals surface area contributed by atoms with Gasteiger partial charge in [0, 0.05) is 19.3 Å². The van der Waals surface area contributed by atoms with Crippen LogP contribution < -0.4 is 0 Å². The maximum absolute atomic E-state index is 12.9. The van der Waals surface area contributed by atoms with Crippen molar-refractivity contribution in [1.82, 2.24) is 0 Å². The van der Waals surface area contributed by atoms with Gasteiger partial charge >= 0.3 is 17.9 Å². The van der Waals surface area contributed by atoms with Gasteiger partial charge in [0.05, 0.1) is 0 Å². The monoisotopic (exact) mass is 1160 g/mol. The molecule has 0 saturated carbocycles. The minimum atomic E-state index is -0.777. The number of esters is 3. The zero-order valence-electron chi connectivity index (χ0n) is 55.5. The molecule has 0 aromatic heterocycles. The first-order valence-corrected chi connectivity index (χ1v) is 36.4. The van der Waals surface area contributed by atoms with Gasteiger partial charge in [-0.3, -0.25) is 14.4 Å². The van der Waals surface area contributed by atoms with E-state index >= 15 is 0 Å². The summed E-state index contributed by atoms with van der Waals surface area (Å²) < 4.78 is 16.9. The summed E-state index contributed by atoms with van der Waals surface area (Å²) in [6, 6.07) is 0. The van der Waals surface area contributed by atoms with Gasteiger partial charge in [0.2, 0.25) is 0 Å². The summed E-state index contributed by atoms with van der Waals surface area (Å²) in [7, 11) is 0. The number of unbranched alkanes of at least 4 members (excludes halogenated alkanes) is 44. The molecule has 1 atom stereocenters. The molecule has 0 radical (unpaired) electrons. The second-order valence-corrected chi connectivity index (χ2v) is 24.5. The van der Waals surface area contributed by atoms with Crippen LogP contribution in [0.4, 0.5) is 0 Å². The number of rotatable bonds is 67. The highest BCUT2D eigenvalue weighted by Gasteiger charge is 2.19. The van der Waals surface area contributed by atoms with E-state index in [9.17, 15) is 14.4 Å². The third kappa shape index (κ3) is 69.5. The molecule has 0 aliphatic heterocycles. The zero-order valence-corrected chi connectivity index (χ0v) is 55.5. The topological polar surface area (TPSA) is 78.9 Å². The van der Waals surface area contributed by atoms with E-state index in [-0.39, 0.29) is 31.1 Å². The Morgan fingerprint density at radius 3 is 0.735 bits per heavy atom. The van der Waals surface area contributed by atoms with Crippen molar-refractivity contribution in [2.24, 2.45) is 0 Å². The number of hydrogen-bond donors (Lipinski definition) is 0. The molecule has 0 amide bonds. The average molecular weight is 1160 g/mol. The second-order valence-electron chi connectivity index (χ2n) is 24.5. The van der Waals surface area contributed by atoms with E-state index in [2.05, 4.69) is 93.7 Å². The van der Waals surface area contributed by atoms with E-state index in [1.54, 1.807) is 0 Å². The first-order chi connectivity index (χ1) is 41.0. The molecule has 0 saturated heterocycles. The molecular weight excluding hydrogens is 1020 g/mol. The first-order valence-electron chi connectivity index (χ1n) is 36.4. The fourth-order valence-corrected chi connectivity index (χ4v) is 10.8. The van der Waals surface area contributed by atoms with E-state index in [0.717, 1.165) is 103 Å². The Hall–Kier alpha value is -3.15. The van der Waals surface area contributed by atoms with Crippen molar-refractivity contribution >= 4 is 17.9 Å². The third-order valence-electron chi connectivity index (χ3n) is 16.2. The maximum Gasteiger partial charge on any atom is 0.306 e. The standard InChI is InChI=1S/C77H138O6/c1-4-7-10-13-16-19-21-23-25-27-29-31-33-35-37-38-39-41-42-44-46-48-50-52-54-56-58-61-64-67-70-76(79)82-73-74(72-81-75(78)69-66-63-60-18-15-12-9-6-3)83-77(80)71-68-65-62-59-57-55-53-51-49-47-45-43-40-36-34-32-30-28-26-24-22-20-17-14-11-8-5-2/h8,11,17,20,24,26,30,32,36,40,45,47,74H,4-7,9-10,12-16,18-19,21-23,25,27-29,31,33-35,37-39,41-44,46,48-73H2,1-3H3/b11-8-,20-17-,26-24-,32-30-,40-36-,47-45-. The number of hydrogen-bond acceptors (Lipinski definition) is 6. The van der Waals surface area contributed by atoms with Gasteiger partial charge in [0.25, 0.3) is 0 Å². The predicted octanol–water partition coefficient (Wildman–Crippen LogP) is 25.2. The Balaban J connectivity index is 4.08. The highest BCUT2D eigenvalue weighted by atomic mass is 16.6. The lowest BCUT2D eigenvalue weighted by atomic mass is 10.0. The molecule has 0 N–H and O–H groups in total. The Morgan fingerprint density at radius 2 is 0.470 bits per heavy atom. The van der Waals surface area contributed by atoms with Crippen molar-refractivity contribution in [3.05, 3.63) is 72.9 Å². The van der Waals surface area contributed by atoms with Crippen LogP contribution in [0.15, 0.2) is 72.9 Å². The summed E-state index contributed by atoms with van der Waals surface area (Å²) >= 11 is 0. The molecule has 83 heavy (non-hydrogen) atoms. The van der Waals surface area contributed by atoms with Crippen molar-refractivity contribution in [2.45, 2.75) is 386 Å². The summed E-state index contributed by atoms with van der Waals surface area (Å²) in [5.74, 6) is -0.867. The van der Waals surface area contributed by atoms with Gasteiger partial charge in [0.15, 0.2) is 6.10 Å². The molecule has 0 spiro atoms. The smallest absolute Gasteiger partial charge is 0.306 e. The van der Waals surface area contributed by atoms with Crippen LogP contribution in [0.2, 0.25) is 0 Å². The molecule has 0 rings (SSSR count).